The molecule has 0 unspecified atom stereocenters. The SMILES string of the molecule is CC(C)N(C)CCc1c[nH]c2cnccc12. The van der Waals surface area contributed by atoms with Crippen LogP contribution >= 0.6 is 0 Å². The predicted molar refractivity (Wildman–Crippen MR) is 67.6 cm³/mol. The Morgan fingerprint density at radius 1 is 1.44 bits per heavy atom. The molecule has 3 nitrogen and oxygen atoms in total. The average molecular weight is 217 g/mol. The lowest BCUT2D eigenvalue weighted by Gasteiger charge is -2.20. The Kier molecular flexibility index (Phi) is 3.25. The van der Waals surface area contributed by atoms with Gasteiger partial charge in [0.25, 0.3) is 0 Å². The number of hydrogen-bond donors (Lipinski definition) is 1. The van der Waals surface area contributed by atoms with Gasteiger partial charge in [0.2, 0.25) is 0 Å². The molecule has 0 aliphatic carbocycles. The van der Waals surface area contributed by atoms with Crippen molar-refractivity contribution in [3.8, 4) is 0 Å². The van der Waals surface area contributed by atoms with E-state index in [0.29, 0.717) is 6.04 Å². The zero-order chi connectivity index (χ0) is 11.5. The van der Waals surface area contributed by atoms with Gasteiger partial charge in [-0.05, 0) is 38.9 Å². The van der Waals surface area contributed by atoms with Crippen LogP contribution in [0.4, 0.5) is 0 Å². The molecule has 2 aromatic rings. The van der Waals surface area contributed by atoms with Gasteiger partial charge in [-0.25, -0.2) is 0 Å². The van der Waals surface area contributed by atoms with E-state index in [9.17, 15) is 0 Å². The zero-order valence-electron chi connectivity index (χ0n) is 10.2. The minimum atomic E-state index is 0.604. The molecule has 2 rings (SSSR count). The van der Waals surface area contributed by atoms with Crippen LogP contribution in [-0.4, -0.2) is 34.5 Å². The highest BCUT2D eigenvalue weighted by Gasteiger charge is 2.06. The normalized spacial score (nSPS) is 11.8. The van der Waals surface area contributed by atoms with E-state index in [0.717, 1.165) is 18.5 Å². The van der Waals surface area contributed by atoms with Gasteiger partial charge in [0.15, 0.2) is 0 Å². The number of fused-ring (bicyclic) bond motifs is 1. The van der Waals surface area contributed by atoms with Crippen molar-refractivity contribution in [1.82, 2.24) is 14.9 Å². The predicted octanol–water partition coefficient (Wildman–Crippen LogP) is 2.45. The highest BCUT2D eigenvalue weighted by molar-refractivity contribution is 5.82. The minimum absolute atomic E-state index is 0.604. The summed E-state index contributed by atoms with van der Waals surface area (Å²) < 4.78 is 0. The monoisotopic (exact) mass is 217 g/mol. The molecular formula is C13H19N3. The summed E-state index contributed by atoms with van der Waals surface area (Å²) in [5, 5.41) is 1.30. The number of H-pyrrole nitrogens is 1. The van der Waals surface area contributed by atoms with E-state index in [1.54, 1.807) is 0 Å². The number of pyridine rings is 1. The molecule has 0 aromatic carbocycles. The van der Waals surface area contributed by atoms with Gasteiger partial charge in [-0.2, -0.15) is 0 Å². The summed E-state index contributed by atoms with van der Waals surface area (Å²) in [6.07, 6.45) is 6.91. The van der Waals surface area contributed by atoms with Crippen molar-refractivity contribution in [1.29, 1.82) is 0 Å². The van der Waals surface area contributed by atoms with E-state index in [2.05, 4.69) is 48.0 Å². The third kappa shape index (κ3) is 2.25. The largest absolute Gasteiger partial charge is 0.360 e. The third-order valence-electron chi connectivity index (χ3n) is 3.18. The van der Waals surface area contributed by atoms with Gasteiger partial charge >= 0.3 is 0 Å². The first-order valence-corrected chi connectivity index (χ1v) is 5.78. The average Bonchev–Trinajstić information content (AvgIpc) is 2.69. The fraction of sp³-hybridized carbons (Fsp3) is 0.462. The summed E-state index contributed by atoms with van der Waals surface area (Å²) >= 11 is 0. The summed E-state index contributed by atoms with van der Waals surface area (Å²) in [5.74, 6) is 0. The lowest BCUT2D eigenvalue weighted by atomic mass is 10.1. The van der Waals surface area contributed by atoms with Crippen LogP contribution in [0.15, 0.2) is 24.7 Å². The Bertz CT molecular complexity index is 459. The lowest BCUT2D eigenvalue weighted by Crippen LogP contribution is -2.28. The number of rotatable bonds is 4. The van der Waals surface area contributed by atoms with E-state index in [1.165, 1.54) is 10.9 Å². The van der Waals surface area contributed by atoms with E-state index in [-0.39, 0.29) is 0 Å². The van der Waals surface area contributed by atoms with E-state index in [4.69, 9.17) is 0 Å². The quantitative estimate of drug-likeness (QED) is 0.853. The van der Waals surface area contributed by atoms with Crippen LogP contribution in [0.3, 0.4) is 0 Å². The second kappa shape index (κ2) is 4.66. The van der Waals surface area contributed by atoms with Gasteiger partial charge < -0.3 is 9.88 Å². The summed E-state index contributed by atoms with van der Waals surface area (Å²) in [5.41, 5.74) is 2.51. The fourth-order valence-corrected chi connectivity index (χ4v) is 1.79. The minimum Gasteiger partial charge on any atom is -0.360 e. The first-order valence-electron chi connectivity index (χ1n) is 5.78. The maximum atomic E-state index is 4.11. The maximum absolute atomic E-state index is 4.11. The molecule has 0 radical (unpaired) electrons. The Labute approximate surface area is 96.5 Å². The molecule has 2 aromatic heterocycles. The number of aromatic nitrogens is 2. The van der Waals surface area contributed by atoms with Crippen LogP contribution < -0.4 is 0 Å². The number of aromatic amines is 1. The van der Waals surface area contributed by atoms with Gasteiger partial charge in [0, 0.05) is 30.4 Å². The van der Waals surface area contributed by atoms with E-state index >= 15 is 0 Å². The molecule has 86 valence electrons. The first-order chi connectivity index (χ1) is 7.68. The van der Waals surface area contributed by atoms with Crippen molar-refractivity contribution in [3.63, 3.8) is 0 Å². The second-order valence-electron chi connectivity index (χ2n) is 4.56. The van der Waals surface area contributed by atoms with Gasteiger partial charge in [-0.3, -0.25) is 4.98 Å². The molecular weight excluding hydrogens is 198 g/mol. The number of likely N-dealkylation sites (N-methyl/N-ethyl adjacent to an activating group) is 1. The number of nitrogens with one attached hydrogen (secondary N) is 1. The summed E-state index contributed by atoms with van der Waals surface area (Å²) in [7, 11) is 2.17. The molecule has 0 aliphatic rings. The molecule has 0 bridgehead atoms. The molecule has 0 aliphatic heterocycles. The molecule has 16 heavy (non-hydrogen) atoms. The standard InChI is InChI=1S/C13H19N3/c1-10(2)16(3)7-5-11-8-15-13-9-14-6-4-12(11)13/h4,6,8-10,15H,5,7H2,1-3H3. The summed E-state index contributed by atoms with van der Waals surface area (Å²) in [6, 6.07) is 2.68. The molecule has 2 heterocycles. The van der Waals surface area contributed by atoms with Gasteiger partial charge in [0.1, 0.15) is 0 Å². The van der Waals surface area contributed by atoms with Gasteiger partial charge in [-0.15, -0.1) is 0 Å². The Morgan fingerprint density at radius 2 is 2.25 bits per heavy atom. The third-order valence-corrected chi connectivity index (χ3v) is 3.18. The van der Waals surface area contributed by atoms with Crippen LogP contribution in [0, 0.1) is 0 Å². The van der Waals surface area contributed by atoms with Crippen LogP contribution in [0.25, 0.3) is 10.9 Å². The fourth-order valence-electron chi connectivity index (χ4n) is 1.79. The smallest absolute Gasteiger partial charge is 0.0643 e. The van der Waals surface area contributed by atoms with E-state index < -0.39 is 0 Å². The van der Waals surface area contributed by atoms with Crippen molar-refractivity contribution in [2.24, 2.45) is 0 Å². The van der Waals surface area contributed by atoms with Crippen LogP contribution in [0.5, 0.6) is 0 Å². The number of nitrogens with zero attached hydrogens (tertiary/aromatic N) is 2. The summed E-state index contributed by atoms with van der Waals surface area (Å²) in [6.45, 7) is 5.53. The first kappa shape index (κ1) is 11.1. The van der Waals surface area contributed by atoms with Crippen LogP contribution in [-0.2, 0) is 6.42 Å². The molecule has 0 fully saturated rings. The second-order valence-corrected chi connectivity index (χ2v) is 4.56. The topological polar surface area (TPSA) is 31.9 Å². The number of hydrogen-bond acceptors (Lipinski definition) is 2. The van der Waals surface area contributed by atoms with Crippen molar-refractivity contribution in [2.75, 3.05) is 13.6 Å². The van der Waals surface area contributed by atoms with Crippen molar-refractivity contribution < 1.29 is 0 Å². The molecule has 0 atom stereocenters. The maximum Gasteiger partial charge on any atom is 0.0643 e. The highest BCUT2D eigenvalue weighted by Crippen LogP contribution is 2.17. The molecule has 3 heteroatoms. The zero-order valence-corrected chi connectivity index (χ0v) is 10.2. The highest BCUT2D eigenvalue weighted by atomic mass is 15.1. The van der Waals surface area contributed by atoms with Crippen molar-refractivity contribution >= 4 is 10.9 Å². The lowest BCUT2D eigenvalue weighted by molar-refractivity contribution is 0.278. The molecule has 0 spiro atoms. The van der Waals surface area contributed by atoms with E-state index in [1.807, 2.05) is 12.4 Å². The van der Waals surface area contributed by atoms with Crippen molar-refractivity contribution in [3.05, 3.63) is 30.2 Å². The Morgan fingerprint density at radius 3 is 3.00 bits per heavy atom. The van der Waals surface area contributed by atoms with Crippen molar-refractivity contribution in [2.45, 2.75) is 26.3 Å². The molecule has 1 N–H and O–H groups in total. The molecule has 0 saturated carbocycles. The van der Waals surface area contributed by atoms with Gasteiger partial charge in [-0.1, -0.05) is 0 Å². The van der Waals surface area contributed by atoms with Crippen LogP contribution in [0.1, 0.15) is 19.4 Å². The summed E-state index contributed by atoms with van der Waals surface area (Å²) in [4.78, 5) is 9.73. The molecule has 0 saturated heterocycles. The Hall–Kier alpha value is -1.35. The van der Waals surface area contributed by atoms with Crippen LogP contribution in [0.2, 0.25) is 0 Å². The van der Waals surface area contributed by atoms with Gasteiger partial charge in [0.05, 0.1) is 11.7 Å². The Balaban J connectivity index is 2.10. The molecule has 0 amide bonds.